The molecule has 2 rings (SSSR count). The third kappa shape index (κ3) is 3.78. The van der Waals surface area contributed by atoms with Crippen molar-refractivity contribution in [1.29, 1.82) is 5.26 Å². The summed E-state index contributed by atoms with van der Waals surface area (Å²) >= 11 is 0. The smallest absolute Gasteiger partial charge is 0.211 e. The molecule has 2 aliphatic carbocycles. The van der Waals surface area contributed by atoms with Crippen molar-refractivity contribution in [2.75, 3.05) is 0 Å². The SMILES string of the molecule is CCC(C#N)S(=O)(=O)N(C1CCCCC1)C1CCCCC1. The Kier molecular flexibility index (Phi) is 6.07. The van der Waals surface area contributed by atoms with Crippen LogP contribution in [0.25, 0.3) is 0 Å². The largest absolute Gasteiger partial charge is 0.230 e. The van der Waals surface area contributed by atoms with Crippen LogP contribution in [0, 0.1) is 11.3 Å². The second-order valence-electron chi connectivity index (χ2n) is 6.48. The fourth-order valence-electron chi connectivity index (χ4n) is 3.90. The van der Waals surface area contributed by atoms with E-state index in [9.17, 15) is 13.7 Å². The molecule has 2 aliphatic rings. The molecule has 0 heterocycles. The van der Waals surface area contributed by atoms with Gasteiger partial charge in [-0.3, -0.25) is 0 Å². The van der Waals surface area contributed by atoms with Gasteiger partial charge in [0.1, 0.15) is 0 Å². The summed E-state index contributed by atoms with van der Waals surface area (Å²) in [7, 11) is -3.49. The molecule has 2 fully saturated rings. The summed E-state index contributed by atoms with van der Waals surface area (Å²) in [6.45, 7) is 1.80. The number of nitriles is 1. The Morgan fingerprint density at radius 3 is 1.76 bits per heavy atom. The van der Waals surface area contributed by atoms with Crippen molar-refractivity contribution >= 4 is 10.0 Å². The highest BCUT2D eigenvalue weighted by Gasteiger charge is 2.40. The summed E-state index contributed by atoms with van der Waals surface area (Å²) in [4.78, 5) is 0. The zero-order valence-electron chi connectivity index (χ0n) is 13.1. The fraction of sp³-hybridized carbons (Fsp3) is 0.938. The molecule has 0 spiro atoms. The first-order valence-electron chi connectivity index (χ1n) is 8.53. The normalized spacial score (nSPS) is 23.9. The lowest BCUT2D eigenvalue weighted by atomic mass is 9.91. The van der Waals surface area contributed by atoms with Gasteiger partial charge >= 0.3 is 0 Å². The predicted octanol–water partition coefficient (Wildman–Crippen LogP) is 3.59. The maximum Gasteiger partial charge on any atom is 0.230 e. The highest BCUT2D eigenvalue weighted by atomic mass is 32.2. The zero-order chi connectivity index (χ0) is 15.3. The average Bonchev–Trinajstić information content (AvgIpc) is 2.50. The minimum Gasteiger partial charge on any atom is -0.211 e. The van der Waals surface area contributed by atoms with Crippen molar-refractivity contribution in [2.45, 2.75) is 94.9 Å². The second-order valence-corrected chi connectivity index (χ2v) is 8.51. The van der Waals surface area contributed by atoms with Gasteiger partial charge in [0.05, 0.1) is 6.07 Å². The van der Waals surface area contributed by atoms with Crippen molar-refractivity contribution < 1.29 is 8.42 Å². The van der Waals surface area contributed by atoms with Gasteiger partial charge in [-0.05, 0) is 32.1 Å². The van der Waals surface area contributed by atoms with Crippen molar-refractivity contribution in [2.24, 2.45) is 0 Å². The van der Waals surface area contributed by atoms with Gasteiger partial charge in [-0.1, -0.05) is 45.4 Å². The quantitative estimate of drug-likeness (QED) is 0.779. The Morgan fingerprint density at radius 2 is 1.43 bits per heavy atom. The Balaban J connectivity index is 2.27. The van der Waals surface area contributed by atoms with E-state index in [0.717, 1.165) is 51.4 Å². The molecule has 1 unspecified atom stereocenters. The lowest BCUT2D eigenvalue weighted by molar-refractivity contribution is 0.169. The number of hydrogen-bond acceptors (Lipinski definition) is 3. The molecule has 0 radical (unpaired) electrons. The molecule has 1 atom stereocenters. The van der Waals surface area contributed by atoms with Crippen molar-refractivity contribution in [3.63, 3.8) is 0 Å². The van der Waals surface area contributed by atoms with Crippen molar-refractivity contribution in [3.05, 3.63) is 0 Å². The number of nitrogens with zero attached hydrogens (tertiary/aromatic N) is 2. The predicted molar refractivity (Wildman–Crippen MR) is 84.2 cm³/mol. The van der Waals surface area contributed by atoms with Crippen LogP contribution in [0.5, 0.6) is 0 Å². The summed E-state index contributed by atoms with van der Waals surface area (Å²) in [6, 6.07) is 2.29. The van der Waals surface area contributed by atoms with Crippen LogP contribution in [0.15, 0.2) is 0 Å². The Hall–Kier alpha value is -0.600. The monoisotopic (exact) mass is 312 g/mol. The van der Waals surface area contributed by atoms with Crippen LogP contribution < -0.4 is 0 Å². The van der Waals surface area contributed by atoms with E-state index in [1.165, 1.54) is 12.8 Å². The van der Waals surface area contributed by atoms with Crippen molar-refractivity contribution in [1.82, 2.24) is 4.31 Å². The number of sulfonamides is 1. The van der Waals surface area contributed by atoms with Crippen molar-refractivity contribution in [3.8, 4) is 6.07 Å². The van der Waals surface area contributed by atoms with Gasteiger partial charge in [-0.15, -0.1) is 0 Å². The van der Waals surface area contributed by atoms with E-state index in [2.05, 4.69) is 0 Å². The Bertz CT molecular complexity index is 439. The van der Waals surface area contributed by atoms with Gasteiger partial charge < -0.3 is 0 Å². The molecular weight excluding hydrogens is 284 g/mol. The highest BCUT2D eigenvalue weighted by Crippen LogP contribution is 2.33. The first kappa shape index (κ1) is 16.8. The summed E-state index contributed by atoms with van der Waals surface area (Å²) < 4.78 is 27.8. The van der Waals surface area contributed by atoms with Crippen LogP contribution in [0.3, 0.4) is 0 Å². The topological polar surface area (TPSA) is 61.2 Å². The maximum atomic E-state index is 13.0. The lowest BCUT2D eigenvalue weighted by Crippen LogP contribution is -2.51. The van der Waals surface area contributed by atoms with Crippen LogP contribution in [0.2, 0.25) is 0 Å². The zero-order valence-corrected chi connectivity index (χ0v) is 13.9. The molecule has 0 aromatic carbocycles. The minimum absolute atomic E-state index is 0.134. The van der Waals surface area contributed by atoms with E-state index in [1.807, 2.05) is 6.07 Å². The van der Waals surface area contributed by atoms with Crippen LogP contribution in [-0.2, 0) is 10.0 Å². The molecule has 0 aromatic rings. The van der Waals surface area contributed by atoms with Gasteiger partial charge in [0.25, 0.3) is 0 Å². The van der Waals surface area contributed by atoms with Gasteiger partial charge in [0, 0.05) is 12.1 Å². The molecule has 0 bridgehead atoms. The minimum atomic E-state index is -3.49. The van der Waals surface area contributed by atoms with Gasteiger partial charge in [0.15, 0.2) is 5.25 Å². The molecule has 0 amide bonds. The summed E-state index contributed by atoms with van der Waals surface area (Å²) in [5.74, 6) is 0. The first-order valence-corrected chi connectivity index (χ1v) is 10.0. The third-order valence-corrected chi connectivity index (χ3v) is 7.38. The molecule has 5 heteroatoms. The highest BCUT2D eigenvalue weighted by molar-refractivity contribution is 7.90. The van der Waals surface area contributed by atoms with E-state index in [0.29, 0.717) is 6.42 Å². The van der Waals surface area contributed by atoms with E-state index in [4.69, 9.17) is 0 Å². The van der Waals surface area contributed by atoms with E-state index >= 15 is 0 Å². The number of hydrogen-bond donors (Lipinski definition) is 0. The third-order valence-electron chi connectivity index (χ3n) is 5.04. The van der Waals surface area contributed by atoms with Crippen LogP contribution in [0.1, 0.15) is 77.6 Å². The molecular formula is C16H28N2O2S. The first-order chi connectivity index (χ1) is 10.1. The summed E-state index contributed by atoms with van der Waals surface area (Å²) in [5, 5.41) is 8.38. The number of rotatable bonds is 5. The average molecular weight is 312 g/mol. The molecule has 0 aliphatic heterocycles. The maximum absolute atomic E-state index is 13.0. The van der Waals surface area contributed by atoms with Crippen LogP contribution >= 0.6 is 0 Å². The molecule has 21 heavy (non-hydrogen) atoms. The van der Waals surface area contributed by atoms with E-state index < -0.39 is 15.3 Å². The van der Waals surface area contributed by atoms with Crippen LogP contribution in [-0.4, -0.2) is 30.1 Å². The molecule has 120 valence electrons. The van der Waals surface area contributed by atoms with E-state index in [-0.39, 0.29) is 12.1 Å². The van der Waals surface area contributed by atoms with E-state index in [1.54, 1.807) is 11.2 Å². The molecule has 0 aromatic heterocycles. The molecule has 2 saturated carbocycles. The fourth-order valence-corrected chi connectivity index (χ4v) is 6.00. The van der Waals surface area contributed by atoms with Gasteiger partial charge in [0.2, 0.25) is 10.0 Å². The molecule has 0 saturated heterocycles. The molecule has 0 N–H and O–H groups in total. The van der Waals surface area contributed by atoms with Gasteiger partial charge in [-0.2, -0.15) is 9.57 Å². The lowest BCUT2D eigenvalue weighted by Gasteiger charge is -2.41. The Labute approximate surface area is 129 Å². The standard InChI is InChI=1S/C16H28N2O2S/c1-2-16(13-17)21(19,20)18(14-9-5-3-6-10-14)15-11-7-4-8-12-15/h14-16H,2-12H2,1H3. The van der Waals surface area contributed by atoms with Gasteiger partial charge in [-0.25, -0.2) is 8.42 Å². The van der Waals surface area contributed by atoms with Crippen LogP contribution in [0.4, 0.5) is 0 Å². The Morgan fingerprint density at radius 1 is 1.00 bits per heavy atom. The molecule has 4 nitrogen and oxygen atoms in total. The summed E-state index contributed by atoms with van der Waals surface area (Å²) in [5.41, 5.74) is 0. The second kappa shape index (κ2) is 7.60. The summed E-state index contributed by atoms with van der Waals surface area (Å²) in [6.07, 6.45) is 11.2.